The number of nitrogens with zero attached hydrogens (tertiary/aromatic N) is 2. The van der Waals surface area contributed by atoms with Gasteiger partial charge in [-0.2, -0.15) is 0 Å². The first-order valence-electron chi connectivity index (χ1n) is 20.4. The number of fused-ring (bicyclic) bond motifs is 12. The molecule has 0 atom stereocenters. The molecule has 13 aromatic rings. The first-order valence-corrected chi connectivity index (χ1v) is 21.2. The van der Waals surface area contributed by atoms with Crippen molar-refractivity contribution >= 4 is 86.3 Å². The van der Waals surface area contributed by atoms with E-state index >= 15 is 0 Å². The maximum absolute atomic E-state index is 6.59. The largest absolute Gasteiger partial charge is 0.439 e. The summed E-state index contributed by atoms with van der Waals surface area (Å²) in [4.78, 5) is 0. The number of aromatic nitrogens is 2. The Morgan fingerprint density at radius 2 is 0.917 bits per heavy atom. The molecular weight excluding hydrogens is 749 g/mol. The summed E-state index contributed by atoms with van der Waals surface area (Å²) in [6.45, 7) is 0. The van der Waals surface area contributed by atoms with Gasteiger partial charge < -0.3 is 8.98 Å². The van der Waals surface area contributed by atoms with E-state index < -0.39 is 0 Å². The second-order valence-corrected chi connectivity index (χ2v) is 16.7. The molecule has 0 N–H and O–H groups in total. The number of hydrogen-bond acceptors (Lipinski definition) is 2. The van der Waals surface area contributed by atoms with Crippen molar-refractivity contribution < 1.29 is 4.42 Å². The highest BCUT2D eigenvalue weighted by Gasteiger charge is 2.22. The lowest BCUT2D eigenvalue weighted by molar-refractivity contribution is 0.645. The van der Waals surface area contributed by atoms with Crippen molar-refractivity contribution in [1.29, 1.82) is 0 Å². The quantitative estimate of drug-likeness (QED) is 0.171. The summed E-state index contributed by atoms with van der Waals surface area (Å²) in [5.74, 6) is 0. The predicted molar refractivity (Wildman–Crippen MR) is 254 cm³/mol. The smallest absolute Gasteiger partial charge is 0.213 e. The van der Waals surface area contributed by atoms with E-state index in [1.807, 2.05) is 17.4 Å². The van der Waals surface area contributed by atoms with Crippen LogP contribution in [0.5, 0.6) is 0 Å². The number of rotatable bonds is 5. The van der Waals surface area contributed by atoms with Crippen molar-refractivity contribution in [2.75, 3.05) is 0 Å². The molecule has 0 radical (unpaired) electrons. The van der Waals surface area contributed by atoms with Gasteiger partial charge in [-0.3, -0.25) is 4.57 Å². The Bertz CT molecular complexity index is 3810. The van der Waals surface area contributed by atoms with Crippen LogP contribution in [0, 0.1) is 0 Å². The summed E-state index contributed by atoms with van der Waals surface area (Å²) in [6, 6.07) is 74.8. The molecule has 0 aliphatic carbocycles. The first-order chi connectivity index (χ1) is 29.7. The van der Waals surface area contributed by atoms with Crippen molar-refractivity contribution in [2.24, 2.45) is 0 Å². The number of benzene rings is 9. The number of hydrogen-bond donors (Lipinski definition) is 0. The minimum atomic E-state index is 0.871. The molecular formula is C56H34N2OS. The zero-order valence-electron chi connectivity index (χ0n) is 32.3. The number of para-hydroxylation sites is 2. The molecule has 4 heterocycles. The van der Waals surface area contributed by atoms with Gasteiger partial charge >= 0.3 is 0 Å². The van der Waals surface area contributed by atoms with Crippen LogP contribution >= 0.6 is 11.3 Å². The summed E-state index contributed by atoms with van der Waals surface area (Å²) in [5.41, 5.74) is 14.8. The molecule has 13 rings (SSSR count). The summed E-state index contributed by atoms with van der Waals surface area (Å²) in [5, 5.41) is 8.55. The van der Waals surface area contributed by atoms with Crippen LogP contribution in [-0.2, 0) is 0 Å². The van der Waals surface area contributed by atoms with Gasteiger partial charge in [0.25, 0.3) is 0 Å². The van der Waals surface area contributed by atoms with Crippen LogP contribution in [0.15, 0.2) is 211 Å². The lowest BCUT2D eigenvalue weighted by Crippen LogP contribution is -1.94. The van der Waals surface area contributed by atoms with E-state index in [9.17, 15) is 0 Å². The highest BCUT2D eigenvalue weighted by molar-refractivity contribution is 7.26. The second-order valence-electron chi connectivity index (χ2n) is 15.7. The van der Waals surface area contributed by atoms with Crippen molar-refractivity contribution in [2.45, 2.75) is 0 Å². The third kappa shape index (κ3) is 4.95. The standard InChI is InChI=1S/C56H34N2OS/c1-3-12-35(13-4-1)37-14-11-15-38(32-37)36-22-26-42(27-23-36)57-49-30-24-39(33-47(49)44-28-29-45-43-18-8-10-21-52(43)60-55(45)54(44)57)40-25-31-50-48(34-40)53-46-19-7-9-20-51(46)59-56(53)58(50)41-16-5-2-6-17-41/h1-34H. The minimum absolute atomic E-state index is 0.871. The van der Waals surface area contributed by atoms with Gasteiger partial charge in [0.1, 0.15) is 5.58 Å². The molecule has 0 aliphatic rings. The maximum Gasteiger partial charge on any atom is 0.213 e. The zero-order chi connectivity index (χ0) is 39.3. The van der Waals surface area contributed by atoms with Gasteiger partial charge in [-0.25, -0.2) is 0 Å². The molecule has 3 nitrogen and oxygen atoms in total. The van der Waals surface area contributed by atoms with E-state index in [0.717, 1.165) is 39.0 Å². The van der Waals surface area contributed by atoms with E-state index in [-0.39, 0.29) is 0 Å². The highest BCUT2D eigenvalue weighted by atomic mass is 32.1. The molecule has 0 unspecified atom stereocenters. The molecule has 0 aliphatic heterocycles. The zero-order valence-corrected chi connectivity index (χ0v) is 33.2. The lowest BCUT2D eigenvalue weighted by atomic mass is 9.99. The van der Waals surface area contributed by atoms with Crippen LogP contribution in [0.4, 0.5) is 0 Å². The Kier molecular flexibility index (Phi) is 7.18. The van der Waals surface area contributed by atoms with Gasteiger partial charge in [0, 0.05) is 48.4 Å². The molecule has 0 amide bonds. The first kappa shape index (κ1) is 33.3. The van der Waals surface area contributed by atoms with Crippen LogP contribution in [0.1, 0.15) is 0 Å². The topological polar surface area (TPSA) is 23.0 Å². The average molecular weight is 783 g/mol. The fourth-order valence-corrected chi connectivity index (χ4v) is 10.8. The fourth-order valence-electron chi connectivity index (χ4n) is 9.54. The molecule has 0 saturated heterocycles. The third-order valence-corrected chi connectivity index (χ3v) is 13.5. The van der Waals surface area contributed by atoms with E-state index in [2.05, 4.69) is 209 Å². The molecule has 4 aromatic heterocycles. The molecule has 0 fully saturated rings. The number of furan rings is 1. The van der Waals surface area contributed by atoms with Crippen LogP contribution < -0.4 is 0 Å². The van der Waals surface area contributed by atoms with E-state index in [1.54, 1.807) is 0 Å². The predicted octanol–water partition coefficient (Wildman–Crippen LogP) is 16.0. The van der Waals surface area contributed by atoms with Gasteiger partial charge in [-0.1, -0.05) is 140 Å². The molecule has 4 heteroatoms. The molecule has 280 valence electrons. The Hall–Kier alpha value is -7.66. The molecule has 0 saturated carbocycles. The van der Waals surface area contributed by atoms with Crippen molar-refractivity contribution in [3.8, 4) is 44.8 Å². The summed E-state index contributed by atoms with van der Waals surface area (Å²) in [6.07, 6.45) is 0. The Balaban J connectivity index is 1.01. The summed E-state index contributed by atoms with van der Waals surface area (Å²) in [7, 11) is 0. The molecule has 0 spiro atoms. The molecule has 9 aromatic carbocycles. The van der Waals surface area contributed by atoms with Gasteiger partial charge in [-0.05, 0) is 100 Å². The Morgan fingerprint density at radius 1 is 0.350 bits per heavy atom. The number of thiophene rings is 1. The van der Waals surface area contributed by atoms with Crippen LogP contribution in [-0.4, -0.2) is 9.13 Å². The van der Waals surface area contributed by atoms with Crippen molar-refractivity contribution in [3.05, 3.63) is 206 Å². The van der Waals surface area contributed by atoms with Crippen molar-refractivity contribution in [1.82, 2.24) is 9.13 Å². The fraction of sp³-hybridized carbons (Fsp3) is 0. The Labute approximate surface area is 349 Å². The van der Waals surface area contributed by atoms with E-state index in [1.165, 1.54) is 80.7 Å². The van der Waals surface area contributed by atoms with Gasteiger partial charge in [0.15, 0.2) is 0 Å². The summed E-state index contributed by atoms with van der Waals surface area (Å²) < 4.78 is 14.0. The van der Waals surface area contributed by atoms with Crippen LogP contribution in [0.25, 0.3) is 120 Å². The molecule has 60 heavy (non-hydrogen) atoms. The monoisotopic (exact) mass is 782 g/mol. The second kappa shape index (κ2) is 12.9. The molecule has 0 bridgehead atoms. The normalized spacial score (nSPS) is 12.0. The average Bonchev–Trinajstić information content (AvgIpc) is 4.06. The van der Waals surface area contributed by atoms with Crippen molar-refractivity contribution in [3.63, 3.8) is 0 Å². The Morgan fingerprint density at radius 3 is 1.70 bits per heavy atom. The minimum Gasteiger partial charge on any atom is -0.439 e. The third-order valence-electron chi connectivity index (χ3n) is 12.3. The van der Waals surface area contributed by atoms with Crippen LogP contribution in [0.3, 0.4) is 0 Å². The van der Waals surface area contributed by atoms with Gasteiger partial charge in [0.05, 0.1) is 26.6 Å². The highest BCUT2D eigenvalue weighted by Crippen LogP contribution is 2.45. The lowest BCUT2D eigenvalue weighted by Gasteiger charge is -2.11. The van der Waals surface area contributed by atoms with Crippen LogP contribution in [0.2, 0.25) is 0 Å². The van der Waals surface area contributed by atoms with Gasteiger partial charge in [-0.15, -0.1) is 11.3 Å². The van der Waals surface area contributed by atoms with E-state index in [0.29, 0.717) is 0 Å². The van der Waals surface area contributed by atoms with E-state index in [4.69, 9.17) is 4.42 Å². The maximum atomic E-state index is 6.59. The SMILES string of the molecule is c1ccc(-c2cccc(-c3ccc(-n4c5ccc(-c6ccc7c(c6)c6c8ccccc8oc6n7-c6ccccc6)cc5c5ccc6c7ccccc7sc6c54)cc3)c2)cc1. The van der Waals surface area contributed by atoms with Gasteiger partial charge in [0.2, 0.25) is 5.71 Å². The summed E-state index contributed by atoms with van der Waals surface area (Å²) >= 11 is 1.89.